The summed E-state index contributed by atoms with van der Waals surface area (Å²) in [5.74, 6) is -0.271. The van der Waals surface area contributed by atoms with Crippen molar-refractivity contribution in [1.82, 2.24) is 0 Å². The molecule has 0 atom stereocenters. The summed E-state index contributed by atoms with van der Waals surface area (Å²) in [5.41, 5.74) is 0.803. The second-order valence-electron chi connectivity index (χ2n) is 4.97. The van der Waals surface area contributed by atoms with Crippen molar-refractivity contribution in [3.63, 3.8) is 0 Å². The molecular formula is C17H9Cl3O2S. The molecule has 1 heterocycles. The predicted molar refractivity (Wildman–Crippen MR) is 97.6 cm³/mol. The highest BCUT2D eigenvalue weighted by atomic mass is 35.5. The quantitative estimate of drug-likeness (QED) is 0.548. The number of fused-ring (bicyclic) bond motifs is 1. The van der Waals surface area contributed by atoms with Gasteiger partial charge in [0, 0.05) is 26.2 Å². The van der Waals surface area contributed by atoms with Crippen molar-refractivity contribution in [2.75, 3.05) is 0 Å². The summed E-state index contributed by atoms with van der Waals surface area (Å²) < 4.78 is 0.471. The van der Waals surface area contributed by atoms with Crippen LogP contribution in [0.15, 0.2) is 47.3 Å². The van der Waals surface area contributed by atoms with E-state index >= 15 is 0 Å². The number of rotatable bonds is 3. The van der Waals surface area contributed by atoms with Crippen molar-refractivity contribution in [3.8, 4) is 0 Å². The van der Waals surface area contributed by atoms with Gasteiger partial charge < -0.3 is 0 Å². The average Bonchev–Trinajstić information content (AvgIpc) is 2.49. The average molecular weight is 384 g/mol. The molecule has 6 heteroatoms. The molecular weight excluding hydrogens is 375 g/mol. The lowest BCUT2D eigenvalue weighted by Crippen LogP contribution is -2.14. The zero-order valence-corrected chi connectivity index (χ0v) is 14.7. The Bertz CT molecular complexity index is 979. The molecule has 0 aliphatic carbocycles. The molecule has 0 spiro atoms. The Morgan fingerprint density at radius 1 is 0.957 bits per heavy atom. The number of carbonyl (C=O) groups is 1. The fourth-order valence-corrected chi connectivity index (χ4v) is 3.84. The van der Waals surface area contributed by atoms with E-state index in [1.165, 1.54) is 0 Å². The van der Waals surface area contributed by atoms with E-state index in [2.05, 4.69) is 0 Å². The van der Waals surface area contributed by atoms with Crippen LogP contribution in [0.4, 0.5) is 0 Å². The van der Waals surface area contributed by atoms with E-state index in [0.29, 0.717) is 20.6 Å². The summed E-state index contributed by atoms with van der Waals surface area (Å²) in [6.45, 7) is 0. The molecule has 2 aromatic carbocycles. The minimum Gasteiger partial charge on any atom is -0.294 e. The summed E-state index contributed by atoms with van der Waals surface area (Å²) in [6, 6.07) is 11.8. The van der Waals surface area contributed by atoms with Crippen LogP contribution in [0.2, 0.25) is 15.1 Å². The van der Waals surface area contributed by atoms with E-state index in [4.69, 9.17) is 34.8 Å². The highest BCUT2D eigenvalue weighted by Gasteiger charge is 2.15. The maximum Gasteiger partial charge on any atom is 0.243 e. The number of hydrogen-bond acceptors (Lipinski definition) is 3. The van der Waals surface area contributed by atoms with Crippen molar-refractivity contribution >= 4 is 62.0 Å². The van der Waals surface area contributed by atoms with Gasteiger partial charge in [-0.25, -0.2) is 0 Å². The Hall–Kier alpha value is -1.39. The molecule has 0 aliphatic heterocycles. The smallest absolute Gasteiger partial charge is 0.243 e. The number of ketones is 1. The van der Waals surface area contributed by atoms with E-state index in [1.54, 1.807) is 42.5 Å². The minimum atomic E-state index is -0.283. The molecule has 0 bridgehead atoms. The molecule has 0 saturated carbocycles. The normalized spacial score (nSPS) is 10.9. The van der Waals surface area contributed by atoms with Crippen LogP contribution in [0.5, 0.6) is 0 Å². The standard InChI is InChI=1S/C17H9Cl3O2S/c18-11-3-1-9(14(20)7-11)6-15(21)13-5-10-2-4-12(19)8-16(10)23-17(13)22/h1-5,7-8H,6H2. The van der Waals surface area contributed by atoms with Crippen molar-refractivity contribution < 1.29 is 4.79 Å². The number of carbonyl (C=O) groups excluding carboxylic acids is 1. The molecule has 0 aliphatic rings. The van der Waals surface area contributed by atoms with Crippen LogP contribution < -0.4 is 4.74 Å². The van der Waals surface area contributed by atoms with E-state index in [-0.39, 0.29) is 22.5 Å². The summed E-state index contributed by atoms with van der Waals surface area (Å²) in [6.07, 6.45) is 0.0526. The number of Topliss-reactive ketones (excluding diaryl/α,β-unsaturated/α-hetero) is 1. The first kappa shape index (κ1) is 16.5. The first-order valence-electron chi connectivity index (χ1n) is 6.64. The Kier molecular flexibility index (Phi) is 4.74. The fourth-order valence-electron chi connectivity index (χ4n) is 2.21. The Balaban J connectivity index is 1.99. The van der Waals surface area contributed by atoms with Gasteiger partial charge in [0.2, 0.25) is 4.74 Å². The zero-order chi connectivity index (χ0) is 16.6. The molecule has 0 fully saturated rings. The number of benzene rings is 2. The van der Waals surface area contributed by atoms with Gasteiger partial charge in [0.15, 0.2) is 5.78 Å². The molecule has 2 nitrogen and oxygen atoms in total. The van der Waals surface area contributed by atoms with Gasteiger partial charge in [-0.3, -0.25) is 9.59 Å². The van der Waals surface area contributed by atoms with Crippen LogP contribution in [0.25, 0.3) is 10.1 Å². The highest BCUT2D eigenvalue weighted by molar-refractivity contribution is 7.16. The molecule has 1 aromatic heterocycles. The van der Waals surface area contributed by atoms with E-state index in [9.17, 15) is 9.59 Å². The lowest BCUT2D eigenvalue weighted by atomic mass is 10.0. The summed E-state index contributed by atoms with van der Waals surface area (Å²) >= 11 is 18.9. The van der Waals surface area contributed by atoms with Gasteiger partial charge in [0.25, 0.3) is 0 Å². The van der Waals surface area contributed by atoms with Gasteiger partial charge in [-0.1, -0.05) is 58.3 Å². The SMILES string of the molecule is O=C(Cc1ccc(Cl)cc1Cl)c1cc2ccc(Cl)cc2sc1=O. The molecule has 0 amide bonds. The molecule has 116 valence electrons. The topological polar surface area (TPSA) is 34.1 Å². The van der Waals surface area contributed by atoms with Crippen LogP contribution in [-0.2, 0) is 6.42 Å². The predicted octanol–water partition coefficient (Wildman–Crippen LogP) is 5.65. The molecule has 0 N–H and O–H groups in total. The third-order valence-corrected chi connectivity index (χ3v) is 5.17. The van der Waals surface area contributed by atoms with Crippen molar-refractivity contribution in [2.24, 2.45) is 0 Å². The number of halogens is 3. The summed E-state index contributed by atoms with van der Waals surface area (Å²) in [5, 5.41) is 2.28. The molecule has 0 saturated heterocycles. The third kappa shape index (κ3) is 3.59. The van der Waals surface area contributed by atoms with Gasteiger partial charge in [-0.15, -0.1) is 0 Å². The van der Waals surface area contributed by atoms with Crippen LogP contribution >= 0.6 is 46.1 Å². The Labute approximate surface area is 151 Å². The lowest BCUT2D eigenvalue weighted by molar-refractivity contribution is 0.0992. The molecule has 23 heavy (non-hydrogen) atoms. The zero-order valence-electron chi connectivity index (χ0n) is 11.6. The van der Waals surface area contributed by atoms with Gasteiger partial charge in [0.05, 0.1) is 5.56 Å². The minimum absolute atomic E-state index is 0.0526. The van der Waals surface area contributed by atoms with Crippen LogP contribution in [0, 0.1) is 0 Å². The fraction of sp³-hybridized carbons (Fsp3) is 0.0588. The largest absolute Gasteiger partial charge is 0.294 e. The van der Waals surface area contributed by atoms with Crippen molar-refractivity contribution in [3.05, 3.63) is 78.2 Å². The summed E-state index contributed by atoms with van der Waals surface area (Å²) in [7, 11) is 0. The van der Waals surface area contributed by atoms with Gasteiger partial charge in [-0.2, -0.15) is 0 Å². The monoisotopic (exact) mass is 382 g/mol. The Morgan fingerprint density at radius 2 is 1.65 bits per heavy atom. The molecule has 0 unspecified atom stereocenters. The van der Waals surface area contributed by atoms with E-state index in [0.717, 1.165) is 21.4 Å². The van der Waals surface area contributed by atoms with Gasteiger partial charge >= 0.3 is 0 Å². The molecule has 3 aromatic rings. The van der Waals surface area contributed by atoms with Gasteiger partial charge in [-0.05, 0) is 41.3 Å². The number of hydrogen-bond donors (Lipinski definition) is 0. The maximum absolute atomic E-state index is 12.5. The second-order valence-corrected chi connectivity index (χ2v) is 7.26. The molecule has 0 radical (unpaired) electrons. The lowest BCUT2D eigenvalue weighted by Gasteiger charge is -2.05. The molecule has 3 rings (SSSR count). The van der Waals surface area contributed by atoms with Gasteiger partial charge in [0.1, 0.15) is 0 Å². The van der Waals surface area contributed by atoms with Crippen molar-refractivity contribution in [1.29, 1.82) is 0 Å². The first-order chi connectivity index (χ1) is 10.9. The highest BCUT2D eigenvalue weighted by Crippen LogP contribution is 2.24. The van der Waals surface area contributed by atoms with Crippen molar-refractivity contribution in [2.45, 2.75) is 6.42 Å². The third-order valence-electron chi connectivity index (χ3n) is 3.36. The maximum atomic E-state index is 12.5. The van der Waals surface area contributed by atoms with Crippen LogP contribution in [0.3, 0.4) is 0 Å². The van der Waals surface area contributed by atoms with Crippen LogP contribution in [0.1, 0.15) is 15.9 Å². The second kappa shape index (κ2) is 6.62. The Morgan fingerprint density at radius 3 is 2.39 bits per heavy atom. The van der Waals surface area contributed by atoms with E-state index < -0.39 is 0 Å². The van der Waals surface area contributed by atoms with E-state index in [1.807, 2.05) is 0 Å². The first-order valence-corrected chi connectivity index (χ1v) is 8.59. The van der Waals surface area contributed by atoms with Crippen LogP contribution in [-0.4, -0.2) is 5.78 Å². The summed E-state index contributed by atoms with van der Waals surface area (Å²) in [4.78, 5) is 24.7.